The molecule has 1 aliphatic heterocycles. The summed E-state index contributed by atoms with van der Waals surface area (Å²) >= 11 is 6.07. The highest BCUT2D eigenvalue weighted by molar-refractivity contribution is 6.33. The zero-order chi connectivity index (χ0) is 19.5. The van der Waals surface area contributed by atoms with Crippen molar-refractivity contribution in [3.05, 3.63) is 101 Å². The Morgan fingerprint density at radius 2 is 1.75 bits per heavy atom. The minimum Gasteiger partial charge on any atom is -0.497 e. The number of carbonyl (C=O) groups excluding carboxylic acids is 1. The molecule has 0 unspecified atom stereocenters. The molecule has 1 amide bonds. The van der Waals surface area contributed by atoms with Crippen LogP contribution in [-0.4, -0.2) is 18.9 Å². The number of hydrogen-bond acceptors (Lipinski definition) is 3. The summed E-state index contributed by atoms with van der Waals surface area (Å²) < 4.78 is 5.32. The van der Waals surface area contributed by atoms with Crippen LogP contribution >= 0.6 is 11.6 Å². The standard InChI is InChI=1S/C23H17ClN2O2/c1-28-20-12-6-11-19(15-20)26-22(17-8-3-2-4-9-17)25-21(23(26)27)14-16-7-5-10-18(24)13-16/h2-15H,1H3. The minimum absolute atomic E-state index is 0.202. The average Bonchev–Trinajstić information content (AvgIpc) is 3.05. The molecule has 3 aromatic carbocycles. The van der Waals surface area contributed by atoms with Gasteiger partial charge in [-0.15, -0.1) is 0 Å². The summed E-state index contributed by atoms with van der Waals surface area (Å²) in [6.07, 6.45) is 1.75. The minimum atomic E-state index is -0.202. The zero-order valence-corrected chi connectivity index (χ0v) is 15.9. The summed E-state index contributed by atoms with van der Waals surface area (Å²) in [5.74, 6) is 1.05. The van der Waals surface area contributed by atoms with Gasteiger partial charge in [0, 0.05) is 16.7 Å². The zero-order valence-electron chi connectivity index (χ0n) is 15.2. The van der Waals surface area contributed by atoms with E-state index in [0.717, 1.165) is 11.1 Å². The lowest BCUT2D eigenvalue weighted by Gasteiger charge is -2.19. The van der Waals surface area contributed by atoms with Crippen LogP contribution in [0.1, 0.15) is 11.1 Å². The monoisotopic (exact) mass is 388 g/mol. The largest absolute Gasteiger partial charge is 0.497 e. The molecule has 0 aromatic heterocycles. The van der Waals surface area contributed by atoms with Gasteiger partial charge in [0.25, 0.3) is 5.91 Å². The van der Waals surface area contributed by atoms with Gasteiger partial charge in [-0.1, -0.05) is 60.1 Å². The molecule has 4 nitrogen and oxygen atoms in total. The second kappa shape index (κ2) is 7.71. The van der Waals surface area contributed by atoms with E-state index in [1.54, 1.807) is 30.2 Å². The van der Waals surface area contributed by atoms with E-state index in [-0.39, 0.29) is 5.91 Å². The first-order valence-corrected chi connectivity index (χ1v) is 9.13. The Bertz CT molecular complexity index is 1090. The van der Waals surface area contributed by atoms with Crippen molar-refractivity contribution >= 4 is 35.1 Å². The molecule has 0 spiro atoms. The molecule has 0 aliphatic carbocycles. The van der Waals surface area contributed by atoms with E-state index in [1.165, 1.54) is 0 Å². The molecule has 28 heavy (non-hydrogen) atoms. The molecule has 0 fully saturated rings. The maximum Gasteiger partial charge on any atom is 0.282 e. The van der Waals surface area contributed by atoms with Crippen LogP contribution in [0.2, 0.25) is 5.02 Å². The van der Waals surface area contributed by atoms with E-state index in [4.69, 9.17) is 16.3 Å². The summed E-state index contributed by atoms with van der Waals surface area (Å²) in [5.41, 5.74) is 2.72. The van der Waals surface area contributed by atoms with Crippen LogP contribution in [0, 0.1) is 0 Å². The molecule has 0 radical (unpaired) electrons. The molecule has 4 rings (SSSR count). The lowest BCUT2D eigenvalue weighted by atomic mass is 10.1. The van der Waals surface area contributed by atoms with Crippen molar-refractivity contribution in [1.29, 1.82) is 0 Å². The van der Waals surface area contributed by atoms with E-state index >= 15 is 0 Å². The quantitative estimate of drug-likeness (QED) is 0.577. The summed E-state index contributed by atoms with van der Waals surface area (Å²) in [6, 6.07) is 24.3. The fourth-order valence-electron chi connectivity index (χ4n) is 3.04. The molecule has 1 aliphatic rings. The molecule has 138 valence electrons. The third kappa shape index (κ3) is 3.55. The Balaban J connectivity index is 1.83. The number of carbonyl (C=O) groups is 1. The van der Waals surface area contributed by atoms with Crippen LogP contribution in [0.5, 0.6) is 5.75 Å². The van der Waals surface area contributed by atoms with Crippen molar-refractivity contribution in [2.24, 2.45) is 4.99 Å². The van der Waals surface area contributed by atoms with Crippen molar-refractivity contribution in [2.45, 2.75) is 0 Å². The average molecular weight is 389 g/mol. The Morgan fingerprint density at radius 3 is 2.50 bits per heavy atom. The molecule has 0 N–H and O–H groups in total. The number of amidine groups is 1. The fourth-order valence-corrected chi connectivity index (χ4v) is 3.24. The van der Waals surface area contributed by atoms with E-state index in [0.29, 0.717) is 28.0 Å². The lowest BCUT2D eigenvalue weighted by molar-refractivity contribution is -0.113. The smallest absolute Gasteiger partial charge is 0.282 e. The second-order valence-corrected chi connectivity index (χ2v) is 6.66. The number of aliphatic imine (C=N–C) groups is 1. The van der Waals surface area contributed by atoms with Gasteiger partial charge in [-0.2, -0.15) is 0 Å². The van der Waals surface area contributed by atoms with Crippen LogP contribution in [0.15, 0.2) is 89.6 Å². The van der Waals surface area contributed by atoms with Gasteiger partial charge in [-0.25, -0.2) is 4.99 Å². The highest BCUT2D eigenvalue weighted by Gasteiger charge is 2.32. The van der Waals surface area contributed by atoms with E-state index in [9.17, 15) is 4.79 Å². The van der Waals surface area contributed by atoms with E-state index < -0.39 is 0 Å². The summed E-state index contributed by atoms with van der Waals surface area (Å²) in [7, 11) is 1.60. The fraction of sp³-hybridized carbons (Fsp3) is 0.0435. The van der Waals surface area contributed by atoms with Crippen LogP contribution < -0.4 is 9.64 Å². The molecular weight excluding hydrogens is 372 g/mol. The predicted octanol–water partition coefficient (Wildman–Crippen LogP) is 5.18. The van der Waals surface area contributed by atoms with Crippen molar-refractivity contribution in [3.63, 3.8) is 0 Å². The van der Waals surface area contributed by atoms with Gasteiger partial charge in [0.2, 0.25) is 0 Å². The van der Waals surface area contributed by atoms with Crippen LogP contribution in [-0.2, 0) is 4.79 Å². The normalized spacial score (nSPS) is 15.1. The number of methoxy groups -OCH3 is 1. The molecule has 3 aromatic rings. The highest BCUT2D eigenvalue weighted by atomic mass is 35.5. The topological polar surface area (TPSA) is 41.9 Å². The number of nitrogens with zero attached hydrogens (tertiary/aromatic N) is 2. The number of ether oxygens (including phenoxy) is 1. The Morgan fingerprint density at radius 1 is 0.964 bits per heavy atom. The van der Waals surface area contributed by atoms with Crippen LogP contribution in [0.4, 0.5) is 5.69 Å². The van der Waals surface area contributed by atoms with Gasteiger partial charge < -0.3 is 4.74 Å². The maximum atomic E-state index is 13.2. The number of hydrogen-bond donors (Lipinski definition) is 0. The first kappa shape index (κ1) is 18.0. The van der Waals surface area contributed by atoms with Gasteiger partial charge in [0.15, 0.2) is 0 Å². The second-order valence-electron chi connectivity index (χ2n) is 6.23. The molecule has 0 saturated carbocycles. The maximum absolute atomic E-state index is 13.2. The Kier molecular flexibility index (Phi) is 4.96. The van der Waals surface area contributed by atoms with Crippen LogP contribution in [0.25, 0.3) is 6.08 Å². The first-order valence-electron chi connectivity index (χ1n) is 8.75. The number of benzene rings is 3. The molecule has 0 saturated heterocycles. The van der Waals surface area contributed by atoms with Gasteiger partial charge in [-0.05, 0) is 35.9 Å². The third-order valence-electron chi connectivity index (χ3n) is 4.36. The van der Waals surface area contributed by atoms with Gasteiger partial charge in [0.05, 0.1) is 12.8 Å². The molecule has 5 heteroatoms. The van der Waals surface area contributed by atoms with Gasteiger partial charge in [0.1, 0.15) is 17.3 Å². The number of anilines is 1. The lowest BCUT2D eigenvalue weighted by Crippen LogP contribution is -2.32. The van der Waals surface area contributed by atoms with E-state index in [1.807, 2.05) is 66.7 Å². The van der Waals surface area contributed by atoms with Gasteiger partial charge in [-0.3, -0.25) is 9.69 Å². The Labute approximate surface area is 168 Å². The number of rotatable bonds is 4. The summed E-state index contributed by atoms with van der Waals surface area (Å²) in [5, 5.41) is 0.608. The molecular formula is C23H17ClN2O2. The van der Waals surface area contributed by atoms with Crippen molar-refractivity contribution < 1.29 is 9.53 Å². The molecule has 0 atom stereocenters. The number of halogens is 1. The summed E-state index contributed by atoms with van der Waals surface area (Å²) in [4.78, 5) is 19.5. The van der Waals surface area contributed by atoms with Gasteiger partial charge >= 0.3 is 0 Å². The summed E-state index contributed by atoms with van der Waals surface area (Å²) in [6.45, 7) is 0. The Hall–Kier alpha value is -3.37. The SMILES string of the molecule is COc1cccc(N2C(=O)C(=Cc3cccc(Cl)c3)N=C2c2ccccc2)c1. The number of amides is 1. The van der Waals surface area contributed by atoms with Crippen LogP contribution in [0.3, 0.4) is 0 Å². The van der Waals surface area contributed by atoms with Crippen molar-refractivity contribution in [1.82, 2.24) is 0 Å². The van der Waals surface area contributed by atoms with E-state index in [2.05, 4.69) is 4.99 Å². The third-order valence-corrected chi connectivity index (χ3v) is 4.59. The highest BCUT2D eigenvalue weighted by Crippen LogP contribution is 2.30. The first-order chi connectivity index (χ1) is 13.7. The van der Waals surface area contributed by atoms with Crippen molar-refractivity contribution in [2.75, 3.05) is 12.0 Å². The predicted molar refractivity (Wildman–Crippen MR) is 113 cm³/mol. The molecule has 0 bridgehead atoms. The molecule has 1 heterocycles. The van der Waals surface area contributed by atoms with Crippen molar-refractivity contribution in [3.8, 4) is 5.75 Å².